The molecule has 0 fully saturated rings. The van der Waals surface area contributed by atoms with Gasteiger partial charge in [-0.05, 0) is 0 Å². The van der Waals surface area contributed by atoms with Crippen molar-refractivity contribution in [3.63, 3.8) is 0 Å². The summed E-state index contributed by atoms with van der Waals surface area (Å²) in [5.74, 6) is 0.470. The molecule has 0 unspecified atom stereocenters. The van der Waals surface area contributed by atoms with Crippen LogP contribution in [-0.2, 0) is 4.74 Å². The minimum atomic E-state index is -0.436. The van der Waals surface area contributed by atoms with E-state index in [4.69, 9.17) is 9.47 Å². The van der Waals surface area contributed by atoms with Crippen molar-refractivity contribution in [2.45, 2.75) is 0 Å². The van der Waals surface area contributed by atoms with Gasteiger partial charge in [-0.25, -0.2) is 9.78 Å². The van der Waals surface area contributed by atoms with Crippen LogP contribution in [0.3, 0.4) is 0 Å². The topological polar surface area (TPSA) is 57.7 Å². The number of methoxy groups -OCH3 is 1. The lowest BCUT2D eigenvalue weighted by Gasteiger charge is -2.16. The number of pyridine rings is 1. The third kappa shape index (κ3) is 1.48. The minimum Gasteiger partial charge on any atom is -0.484 e. The van der Waals surface area contributed by atoms with E-state index >= 15 is 0 Å². The van der Waals surface area contributed by atoms with E-state index in [1.807, 2.05) is 0 Å². The molecular formula is C9H9NO4. The van der Waals surface area contributed by atoms with Gasteiger partial charge in [0.05, 0.1) is 12.7 Å². The first-order valence-electron chi connectivity index (χ1n) is 4.15. The lowest BCUT2D eigenvalue weighted by atomic mass is 10.2. The largest absolute Gasteiger partial charge is 0.484 e. The number of hydrogen-bond acceptors (Lipinski definition) is 5. The summed E-state index contributed by atoms with van der Waals surface area (Å²) in [5.41, 5.74) is 0.358. The van der Waals surface area contributed by atoms with Crippen molar-refractivity contribution >= 4 is 5.97 Å². The second kappa shape index (κ2) is 3.53. The Morgan fingerprint density at radius 1 is 1.50 bits per heavy atom. The molecule has 0 saturated heterocycles. The van der Waals surface area contributed by atoms with Gasteiger partial charge in [-0.2, -0.15) is 0 Å². The van der Waals surface area contributed by atoms with E-state index < -0.39 is 5.97 Å². The number of rotatable bonds is 1. The monoisotopic (exact) mass is 195 g/mol. The first kappa shape index (κ1) is 8.80. The molecule has 0 N–H and O–H groups in total. The van der Waals surface area contributed by atoms with Crippen molar-refractivity contribution in [3.05, 3.63) is 17.8 Å². The van der Waals surface area contributed by atoms with E-state index in [0.717, 1.165) is 0 Å². The fourth-order valence-corrected chi connectivity index (χ4v) is 1.16. The Morgan fingerprint density at radius 3 is 3.07 bits per heavy atom. The SMILES string of the molecule is COC(=O)c1cnc2c(c1)OCCO2. The Balaban J connectivity index is 2.33. The summed E-state index contributed by atoms with van der Waals surface area (Å²) in [6.45, 7) is 0.955. The molecule has 1 aliphatic heterocycles. The van der Waals surface area contributed by atoms with Crippen molar-refractivity contribution in [1.29, 1.82) is 0 Å². The Kier molecular flexibility index (Phi) is 2.22. The van der Waals surface area contributed by atoms with E-state index in [-0.39, 0.29) is 0 Å². The average molecular weight is 195 g/mol. The summed E-state index contributed by atoms with van der Waals surface area (Å²) in [6, 6.07) is 1.56. The molecule has 2 rings (SSSR count). The summed E-state index contributed by atoms with van der Waals surface area (Å²) in [6.07, 6.45) is 1.40. The Bertz CT molecular complexity index is 364. The summed E-state index contributed by atoms with van der Waals surface area (Å²) >= 11 is 0. The molecule has 2 heterocycles. The molecule has 0 amide bonds. The van der Waals surface area contributed by atoms with Crippen LogP contribution in [0.5, 0.6) is 11.6 Å². The number of ether oxygens (including phenoxy) is 3. The van der Waals surface area contributed by atoms with Gasteiger partial charge < -0.3 is 14.2 Å². The number of aromatic nitrogens is 1. The number of carbonyl (C=O) groups is 1. The number of nitrogens with zero attached hydrogens (tertiary/aromatic N) is 1. The van der Waals surface area contributed by atoms with Crippen LogP contribution in [-0.4, -0.2) is 31.3 Å². The summed E-state index contributed by atoms with van der Waals surface area (Å²) < 4.78 is 15.0. The Labute approximate surface area is 80.6 Å². The molecular weight excluding hydrogens is 186 g/mol. The zero-order valence-electron chi connectivity index (χ0n) is 7.65. The van der Waals surface area contributed by atoms with Gasteiger partial charge in [0, 0.05) is 12.3 Å². The van der Waals surface area contributed by atoms with Crippen LogP contribution >= 0.6 is 0 Å². The number of carbonyl (C=O) groups excluding carboxylic acids is 1. The van der Waals surface area contributed by atoms with Gasteiger partial charge in [-0.3, -0.25) is 0 Å². The quantitative estimate of drug-likeness (QED) is 0.615. The van der Waals surface area contributed by atoms with Crippen LogP contribution in [0.2, 0.25) is 0 Å². The predicted molar refractivity (Wildman–Crippen MR) is 46.6 cm³/mol. The van der Waals surface area contributed by atoms with Gasteiger partial charge >= 0.3 is 5.97 Å². The number of hydrogen-bond donors (Lipinski definition) is 0. The normalized spacial score (nSPS) is 13.5. The molecule has 0 aromatic carbocycles. The van der Waals surface area contributed by atoms with Crippen LogP contribution in [0.15, 0.2) is 12.3 Å². The zero-order chi connectivity index (χ0) is 9.97. The molecule has 0 saturated carbocycles. The maximum absolute atomic E-state index is 11.1. The van der Waals surface area contributed by atoms with Crippen LogP contribution in [0, 0.1) is 0 Å². The van der Waals surface area contributed by atoms with Gasteiger partial charge in [-0.15, -0.1) is 0 Å². The molecule has 74 valence electrons. The lowest BCUT2D eigenvalue weighted by Crippen LogP contribution is -2.17. The maximum Gasteiger partial charge on any atom is 0.339 e. The highest BCUT2D eigenvalue weighted by molar-refractivity contribution is 5.89. The highest BCUT2D eigenvalue weighted by atomic mass is 16.6. The van der Waals surface area contributed by atoms with Gasteiger partial charge in [0.25, 0.3) is 5.88 Å². The van der Waals surface area contributed by atoms with Gasteiger partial charge in [0.2, 0.25) is 0 Å². The molecule has 5 nitrogen and oxygen atoms in total. The summed E-state index contributed by atoms with van der Waals surface area (Å²) in [7, 11) is 1.32. The highest BCUT2D eigenvalue weighted by Gasteiger charge is 2.16. The Hall–Kier alpha value is -1.78. The standard InChI is InChI=1S/C9H9NO4/c1-12-9(11)6-4-7-8(10-5-6)14-3-2-13-7/h4-5H,2-3H2,1H3. The van der Waals surface area contributed by atoms with Crippen LogP contribution in [0.4, 0.5) is 0 Å². The molecule has 5 heteroatoms. The molecule has 1 aromatic rings. The average Bonchev–Trinajstić information content (AvgIpc) is 2.27. The predicted octanol–water partition coefficient (Wildman–Crippen LogP) is 0.639. The van der Waals surface area contributed by atoms with E-state index in [9.17, 15) is 4.79 Å². The van der Waals surface area contributed by atoms with Crippen LogP contribution < -0.4 is 9.47 Å². The van der Waals surface area contributed by atoms with E-state index in [2.05, 4.69) is 9.72 Å². The van der Waals surface area contributed by atoms with Crippen molar-refractivity contribution in [1.82, 2.24) is 4.98 Å². The zero-order valence-corrected chi connectivity index (χ0v) is 7.65. The van der Waals surface area contributed by atoms with E-state index in [0.29, 0.717) is 30.4 Å². The molecule has 0 atom stereocenters. The van der Waals surface area contributed by atoms with Crippen molar-refractivity contribution < 1.29 is 19.0 Å². The fraction of sp³-hybridized carbons (Fsp3) is 0.333. The minimum absolute atomic E-state index is 0.358. The molecule has 0 radical (unpaired) electrons. The van der Waals surface area contributed by atoms with Gasteiger partial charge in [0.1, 0.15) is 13.2 Å². The molecule has 0 spiro atoms. The smallest absolute Gasteiger partial charge is 0.339 e. The van der Waals surface area contributed by atoms with Crippen molar-refractivity contribution in [2.75, 3.05) is 20.3 Å². The summed E-state index contributed by atoms with van der Waals surface area (Å²) in [5, 5.41) is 0. The highest BCUT2D eigenvalue weighted by Crippen LogP contribution is 2.27. The second-order valence-electron chi connectivity index (χ2n) is 2.72. The molecule has 1 aliphatic rings. The molecule has 0 aliphatic carbocycles. The number of fused-ring (bicyclic) bond motifs is 1. The maximum atomic E-state index is 11.1. The van der Waals surface area contributed by atoms with Gasteiger partial charge in [0.15, 0.2) is 5.75 Å². The molecule has 14 heavy (non-hydrogen) atoms. The van der Waals surface area contributed by atoms with Crippen LogP contribution in [0.25, 0.3) is 0 Å². The van der Waals surface area contributed by atoms with Crippen LogP contribution in [0.1, 0.15) is 10.4 Å². The molecule has 1 aromatic heterocycles. The molecule has 0 bridgehead atoms. The van der Waals surface area contributed by atoms with Crippen molar-refractivity contribution in [3.8, 4) is 11.6 Å². The van der Waals surface area contributed by atoms with E-state index in [1.165, 1.54) is 13.3 Å². The summed E-state index contributed by atoms with van der Waals surface area (Å²) in [4.78, 5) is 15.1. The third-order valence-corrected chi connectivity index (χ3v) is 1.82. The third-order valence-electron chi connectivity index (χ3n) is 1.82. The first-order valence-corrected chi connectivity index (χ1v) is 4.15. The fourth-order valence-electron chi connectivity index (χ4n) is 1.16. The lowest BCUT2D eigenvalue weighted by molar-refractivity contribution is 0.0598. The number of esters is 1. The van der Waals surface area contributed by atoms with Gasteiger partial charge in [-0.1, -0.05) is 0 Å². The second-order valence-corrected chi connectivity index (χ2v) is 2.72. The van der Waals surface area contributed by atoms with E-state index in [1.54, 1.807) is 6.07 Å². The first-order chi connectivity index (χ1) is 6.81. The van der Waals surface area contributed by atoms with Crippen molar-refractivity contribution in [2.24, 2.45) is 0 Å². The Morgan fingerprint density at radius 2 is 2.29 bits per heavy atom.